The Kier molecular flexibility index (Phi) is 4.77. The van der Waals surface area contributed by atoms with E-state index in [0.29, 0.717) is 6.42 Å². The van der Waals surface area contributed by atoms with Gasteiger partial charge in [0.25, 0.3) is 0 Å². The predicted octanol–water partition coefficient (Wildman–Crippen LogP) is 3.86. The molecule has 6 rings (SSSR count). The third-order valence-electron chi connectivity index (χ3n) is 10.3. The van der Waals surface area contributed by atoms with E-state index in [-0.39, 0.29) is 41.9 Å². The van der Waals surface area contributed by atoms with E-state index in [0.717, 1.165) is 16.7 Å². The van der Waals surface area contributed by atoms with Crippen molar-refractivity contribution in [3.8, 4) is 5.75 Å². The highest BCUT2D eigenvalue weighted by molar-refractivity contribution is 6.00. The van der Waals surface area contributed by atoms with Crippen LogP contribution < -0.4 is 0 Å². The first-order valence-corrected chi connectivity index (χ1v) is 12.6. The summed E-state index contributed by atoms with van der Waals surface area (Å²) in [5, 5.41) is 9.77. The van der Waals surface area contributed by atoms with Crippen molar-refractivity contribution in [3.05, 3.63) is 53.1 Å². The highest BCUT2D eigenvalue weighted by Crippen LogP contribution is 2.72. The smallest absolute Gasteiger partial charge is 0.316 e. The van der Waals surface area contributed by atoms with E-state index in [4.69, 9.17) is 14.2 Å². The Hall–Kier alpha value is -2.93. The van der Waals surface area contributed by atoms with Crippen LogP contribution in [0.25, 0.3) is 0 Å². The van der Waals surface area contributed by atoms with Crippen molar-refractivity contribution in [2.45, 2.75) is 64.8 Å². The van der Waals surface area contributed by atoms with Gasteiger partial charge < -0.3 is 19.3 Å². The lowest BCUT2D eigenvalue weighted by Crippen LogP contribution is -2.66. The van der Waals surface area contributed by atoms with Crippen molar-refractivity contribution in [2.75, 3.05) is 7.11 Å². The molecule has 7 nitrogen and oxygen atoms in total. The van der Waals surface area contributed by atoms with Gasteiger partial charge in [-0.1, -0.05) is 37.6 Å². The minimum Gasteiger partial charge on any atom is -0.508 e. The first-order valence-electron chi connectivity index (χ1n) is 12.6. The normalized spacial score (nSPS) is 44.2. The van der Waals surface area contributed by atoms with Gasteiger partial charge in [0.05, 0.1) is 25.0 Å². The SMILES string of the molecule is COC(=O)C[C@H]1C2(C)C3=C(C)[C@H](c4ccc(O)cc4)CC3O[C@@H]2[C@@H]2OC(=O)[C@]3(C)C=CC(=O)[C@@]1(C)[C@@H]23. The molecule has 3 aliphatic carbocycles. The minimum absolute atomic E-state index is 0.0454. The quantitative estimate of drug-likeness (QED) is 0.505. The molecule has 2 saturated heterocycles. The number of phenols is 1. The number of hydrogen-bond acceptors (Lipinski definition) is 7. The summed E-state index contributed by atoms with van der Waals surface area (Å²) in [5.74, 6) is -1.39. The third kappa shape index (κ3) is 2.64. The molecule has 36 heavy (non-hydrogen) atoms. The van der Waals surface area contributed by atoms with Gasteiger partial charge in [0.15, 0.2) is 5.78 Å². The van der Waals surface area contributed by atoms with E-state index in [1.54, 1.807) is 18.2 Å². The fourth-order valence-corrected chi connectivity index (χ4v) is 8.64. The van der Waals surface area contributed by atoms with Crippen molar-refractivity contribution < 1.29 is 33.7 Å². The molecule has 2 heterocycles. The molecule has 7 heteroatoms. The van der Waals surface area contributed by atoms with Gasteiger partial charge in [-0.2, -0.15) is 0 Å². The van der Waals surface area contributed by atoms with E-state index in [2.05, 4.69) is 13.8 Å². The number of ether oxygens (including phenoxy) is 3. The zero-order chi connectivity index (χ0) is 25.8. The number of carbonyl (C=O) groups is 3. The van der Waals surface area contributed by atoms with E-state index in [9.17, 15) is 19.5 Å². The molecule has 9 atom stereocenters. The average Bonchev–Trinajstić information content (AvgIpc) is 3.43. The van der Waals surface area contributed by atoms with Gasteiger partial charge in [-0.3, -0.25) is 14.4 Å². The summed E-state index contributed by atoms with van der Waals surface area (Å²) in [5.41, 5.74) is 0.655. The summed E-state index contributed by atoms with van der Waals surface area (Å²) in [6, 6.07) is 7.22. The summed E-state index contributed by atoms with van der Waals surface area (Å²) in [6.07, 6.45) is 2.69. The fourth-order valence-electron chi connectivity index (χ4n) is 8.64. The maximum absolute atomic E-state index is 13.7. The number of rotatable bonds is 3. The average molecular weight is 493 g/mol. The van der Waals surface area contributed by atoms with Gasteiger partial charge in [-0.15, -0.1) is 0 Å². The van der Waals surface area contributed by atoms with Crippen molar-refractivity contribution in [3.63, 3.8) is 0 Å². The molecule has 0 spiro atoms. The number of carbonyl (C=O) groups excluding carboxylic acids is 3. The van der Waals surface area contributed by atoms with Crippen LogP contribution in [0, 0.1) is 28.1 Å². The van der Waals surface area contributed by atoms with Crippen LogP contribution in [0.5, 0.6) is 5.75 Å². The zero-order valence-electron chi connectivity index (χ0n) is 21.2. The van der Waals surface area contributed by atoms with E-state index < -0.39 is 40.3 Å². The zero-order valence-corrected chi connectivity index (χ0v) is 21.2. The molecule has 3 fully saturated rings. The molecule has 2 aliphatic heterocycles. The first-order chi connectivity index (χ1) is 17.0. The molecule has 1 saturated carbocycles. The van der Waals surface area contributed by atoms with Crippen LogP contribution in [0.15, 0.2) is 47.6 Å². The third-order valence-corrected chi connectivity index (χ3v) is 10.3. The van der Waals surface area contributed by atoms with E-state index >= 15 is 0 Å². The second-order valence-corrected chi connectivity index (χ2v) is 11.7. The van der Waals surface area contributed by atoms with Gasteiger partial charge in [0, 0.05) is 22.7 Å². The highest BCUT2D eigenvalue weighted by atomic mass is 16.6. The second-order valence-electron chi connectivity index (χ2n) is 11.7. The molecular formula is C29H32O7. The summed E-state index contributed by atoms with van der Waals surface area (Å²) < 4.78 is 17.9. The predicted molar refractivity (Wildman–Crippen MR) is 129 cm³/mol. The molecule has 0 radical (unpaired) electrons. The standard InChI is InChI=1S/C29H32O7/c1-14-17(15-6-8-16(30)9-7-15)12-18-22(14)29(4)19(13-21(32)34-5)28(3)20(31)10-11-27(2)24(28)23(25(29)35-18)36-26(27)33/h6-11,17-19,23-25,30H,12-13H2,1-5H3/t17-,18?,19-,23-,24+,25-,27-,28+,29?/m1/s1. The molecule has 5 aliphatic rings. The van der Waals surface area contributed by atoms with Gasteiger partial charge in [-0.05, 0) is 55.5 Å². The lowest BCUT2D eigenvalue weighted by Gasteiger charge is -2.59. The fraction of sp³-hybridized carbons (Fsp3) is 0.552. The Morgan fingerprint density at radius 3 is 2.50 bits per heavy atom. The summed E-state index contributed by atoms with van der Waals surface area (Å²) in [7, 11) is 1.36. The Balaban J connectivity index is 1.55. The van der Waals surface area contributed by atoms with Crippen LogP contribution >= 0.6 is 0 Å². The second kappa shape index (κ2) is 7.31. The molecule has 1 N–H and O–H groups in total. The summed E-state index contributed by atoms with van der Waals surface area (Å²) in [4.78, 5) is 39.8. The van der Waals surface area contributed by atoms with Crippen LogP contribution in [0.1, 0.15) is 52.0 Å². The lowest BCUT2D eigenvalue weighted by atomic mass is 9.42. The number of hydrogen-bond donors (Lipinski definition) is 1. The molecule has 1 aromatic rings. The molecule has 190 valence electrons. The molecule has 0 aromatic heterocycles. The number of esters is 2. The minimum atomic E-state index is -1.01. The van der Waals surface area contributed by atoms with E-state index in [1.807, 2.05) is 26.0 Å². The van der Waals surface area contributed by atoms with Crippen molar-refractivity contribution in [1.82, 2.24) is 0 Å². The Labute approximate surface area is 210 Å². The molecule has 0 amide bonds. The summed E-state index contributed by atoms with van der Waals surface area (Å²) >= 11 is 0. The molecule has 1 aromatic carbocycles. The Morgan fingerprint density at radius 2 is 1.83 bits per heavy atom. The first kappa shape index (κ1) is 23.5. The molecule has 0 bridgehead atoms. The van der Waals surface area contributed by atoms with Crippen LogP contribution in [0.3, 0.4) is 0 Å². The Bertz CT molecular complexity index is 1240. The van der Waals surface area contributed by atoms with Crippen LogP contribution in [0.4, 0.5) is 0 Å². The topological polar surface area (TPSA) is 99.1 Å². The number of fused-ring (bicyclic) bond motifs is 4. The van der Waals surface area contributed by atoms with Crippen molar-refractivity contribution >= 4 is 17.7 Å². The maximum Gasteiger partial charge on any atom is 0.316 e. The number of aromatic hydroxyl groups is 1. The highest BCUT2D eigenvalue weighted by Gasteiger charge is 2.77. The monoisotopic (exact) mass is 492 g/mol. The lowest BCUT2D eigenvalue weighted by molar-refractivity contribution is -0.190. The number of methoxy groups -OCH3 is 1. The van der Waals surface area contributed by atoms with Gasteiger partial charge in [0.2, 0.25) is 0 Å². The number of allylic oxidation sites excluding steroid dienone is 2. The van der Waals surface area contributed by atoms with Crippen LogP contribution in [-0.4, -0.2) is 48.3 Å². The van der Waals surface area contributed by atoms with Gasteiger partial charge >= 0.3 is 11.9 Å². The van der Waals surface area contributed by atoms with Crippen LogP contribution in [-0.2, 0) is 28.6 Å². The number of ketones is 1. The maximum atomic E-state index is 13.7. The number of benzene rings is 1. The molecular weight excluding hydrogens is 460 g/mol. The van der Waals surface area contributed by atoms with Gasteiger partial charge in [-0.25, -0.2) is 0 Å². The van der Waals surface area contributed by atoms with Gasteiger partial charge in [0.1, 0.15) is 18.0 Å². The Morgan fingerprint density at radius 1 is 1.14 bits per heavy atom. The number of phenolic OH excluding ortho intramolecular Hbond substituents is 1. The largest absolute Gasteiger partial charge is 0.508 e. The van der Waals surface area contributed by atoms with E-state index in [1.165, 1.54) is 13.2 Å². The molecule has 2 unspecified atom stereocenters. The van der Waals surface area contributed by atoms with Crippen LogP contribution in [0.2, 0.25) is 0 Å². The van der Waals surface area contributed by atoms with Crippen molar-refractivity contribution in [1.29, 1.82) is 0 Å². The van der Waals surface area contributed by atoms with Crippen molar-refractivity contribution in [2.24, 2.45) is 28.1 Å². The summed E-state index contributed by atoms with van der Waals surface area (Å²) in [6.45, 7) is 7.92.